The molecule has 3 rings (SSSR count). The summed E-state index contributed by atoms with van der Waals surface area (Å²) in [6.07, 6.45) is 3.32. The average molecular weight is 516 g/mol. The maximum Gasteiger partial charge on any atom is 0.410 e. The van der Waals surface area contributed by atoms with Crippen molar-refractivity contribution in [1.29, 1.82) is 0 Å². The minimum atomic E-state index is -1.36. The molecule has 3 amide bonds. The second kappa shape index (κ2) is 10.5. The Morgan fingerprint density at radius 2 is 1.92 bits per heavy atom. The lowest BCUT2D eigenvalue weighted by Gasteiger charge is -2.31. The van der Waals surface area contributed by atoms with Crippen LogP contribution >= 0.6 is 0 Å². The number of esters is 1. The van der Waals surface area contributed by atoms with Gasteiger partial charge in [0.15, 0.2) is 0 Å². The van der Waals surface area contributed by atoms with E-state index in [1.165, 1.54) is 18.1 Å². The van der Waals surface area contributed by atoms with Gasteiger partial charge in [0.25, 0.3) is 0 Å². The average Bonchev–Trinajstić information content (AvgIpc) is 3.39. The topological polar surface area (TPSA) is 134 Å². The number of benzene rings is 1. The Labute approximate surface area is 217 Å². The molecule has 37 heavy (non-hydrogen) atoms. The highest BCUT2D eigenvalue weighted by atomic mass is 16.6. The maximum atomic E-state index is 13.4. The number of nitrogens with zero attached hydrogens (tertiary/aromatic N) is 1. The lowest BCUT2D eigenvalue weighted by Crippen LogP contribution is -2.54. The summed E-state index contributed by atoms with van der Waals surface area (Å²) in [5, 5.41) is 15.9. The van der Waals surface area contributed by atoms with Gasteiger partial charge in [-0.2, -0.15) is 0 Å². The number of carbonyl (C=O) groups is 4. The van der Waals surface area contributed by atoms with Crippen molar-refractivity contribution in [2.45, 2.75) is 82.6 Å². The van der Waals surface area contributed by atoms with Crippen LogP contribution in [-0.4, -0.2) is 70.8 Å². The molecule has 2 aliphatic heterocycles. The molecule has 0 bridgehead atoms. The van der Waals surface area contributed by atoms with Gasteiger partial charge < -0.3 is 25.2 Å². The fraction of sp³-hybridized carbons (Fsp3) is 0.556. The zero-order valence-electron chi connectivity index (χ0n) is 22.3. The number of amides is 3. The highest BCUT2D eigenvalue weighted by Gasteiger charge is 2.48. The van der Waals surface area contributed by atoms with Crippen molar-refractivity contribution in [2.75, 3.05) is 19.0 Å². The predicted octanol–water partition coefficient (Wildman–Crippen LogP) is 2.65. The fourth-order valence-electron chi connectivity index (χ4n) is 4.62. The largest absolute Gasteiger partial charge is 0.467 e. The third-order valence-corrected chi connectivity index (χ3v) is 6.35. The molecule has 1 fully saturated rings. The lowest BCUT2D eigenvalue weighted by molar-refractivity contribution is -0.146. The van der Waals surface area contributed by atoms with Crippen LogP contribution in [0.25, 0.3) is 0 Å². The standard InChI is InChI=1S/C27H37N3O7/c1-25(2,3)37-24(34)30-15-9-12-20(30)21(31)28-19(22(32)36-6)16-27(14-13-26(4,5)35)17-10-7-8-11-18(17)29-23(27)33/h7-8,10-11,13-14,19-20,35H,9,12,15-16H2,1-6H3,(H,28,31)(H,29,33)/b14-13+/t19?,20-,27-/m0/s1. The van der Waals surface area contributed by atoms with Crippen LogP contribution in [0.15, 0.2) is 36.4 Å². The molecule has 3 atom stereocenters. The highest BCUT2D eigenvalue weighted by molar-refractivity contribution is 6.08. The Hall–Kier alpha value is -3.40. The Morgan fingerprint density at radius 3 is 2.54 bits per heavy atom. The minimum Gasteiger partial charge on any atom is -0.467 e. The Bertz CT molecular complexity index is 1090. The molecular formula is C27H37N3O7. The van der Waals surface area contributed by atoms with E-state index in [1.54, 1.807) is 65.0 Å². The van der Waals surface area contributed by atoms with Crippen LogP contribution in [0.2, 0.25) is 0 Å². The number of fused-ring (bicyclic) bond motifs is 1. The van der Waals surface area contributed by atoms with Gasteiger partial charge >= 0.3 is 12.1 Å². The van der Waals surface area contributed by atoms with Crippen LogP contribution in [0.4, 0.5) is 10.5 Å². The second-order valence-electron chi connectivity index (χ2n) is 11.1. The molecule has 0 aromatic heterocycles. The molecule has 3 N–H and O–H groups in total. The summed E-state index contributed by atoms with van der Waals surface area (Å²) in [6, 6.07) is 5.03. The molecule has 1 saturated heterocycles. The van der Waals surface area contributed by atoms with E-state index in [9.17, 15) is 24.3 Å². The zero-order valence-corrected chi connectivity index (χ0v) is 22.3. The maximum absolute atomic E-state index is 13.4. The van der Waals surface area contributed by atoms with Crippen LogP contribution in [0, 0.1) is 0 Å². The molecular weight excluding hydrogens is 478 g/mol. The number of methoxy groups -OCH3 is 1. The Balaban J connectivity index is 1.92. The number of hydrogen-bond acceptors (Lipinski definition) is 7. The molecule has 0 saturated carbocycles. The smallest absolute Gasteiger partial charge is 0.410 e. The van der Waals surface area contributed by atoms with Crippen LogP contribution in [0.5, 0.6) is 0 Å². The monoisotopic (exact) mass is 515 g/mol. The van der Waals surface area contributed by atoms with E-state index in [-0.39, 0.29) is 6.42 Å². The van der Waals surface area contributed by atoms with Gasteiger partial charge in [0.2, 0.25) is 11.8 Å². The van der Waals surface area contributed by atoms with Gasteiger partial charge in [-0.05, 0) is 59.1 Å². The molecule has 1 aromatic rings. The van der Waals surface area contributed by atoms with Crippen molar-refractivity contribution in [3.8, 4) is 0 Å². The number of anilines is 1. The van der Waals surface area contributed by atoms with Gasteiger partial charge in [0.05, 0.1) is 18.1 Å². The molecule has 0 spiro atoms. The first-order valence-electron chi connectivity index (χ1n) is 12.4. The Kier molecular flexibility index (Phi) is 8.02. The summed E-state index contributed by atoms with van der Waals surface area (Å²) in [7, 11) is 1.20. The zero-order chi connectivity index (χ0) is 27.6. The van der Waals surface area contributed by atoms with Crippen molar-refractivity contribution in [3.05, 3.63) is 42.0 Å². The molecule has 2 aliphatic rings. The van der Waals surface area contributed by atoms with Crippen molar-refractivity contribution in [2.24, 2.45) is 0 Å². The van der Waals surface area contributed by atoms with Gasteiger partial charge in [0.1, 0.15) is 17.7 Å². The van der Waals surface area contributed by atoms with Crippen molar-refractivity contribution in [3.63, 3.8) is 0 Å². The van der Waals surface area contributed by atoms with E-state index in [2.05, 4.69) is 10.6 Å². The van der Waals surface area contributed by atoms with E-state index in [1.807, 2.05) is 0 Å². The first kappa shape index (κ1) is 28.2. The van der Waals surface area contributed by atoms with Gasteiger partial charge in [-0.15, -0.1) is 0 Å². The van der Waals surface area contributed by atoms with Gasteiger partial charge in [-0.3, -0.25) is 14.5 Å². The number of likely N-dealkylation sites (tertiary alicyclic amines) is 1. The molecule has 10 nitrogen and oxygen atoms in total. The van der Waals surface area contributed by atoms with E-state index < -0.39 is 52.6 Å². The first-order chi connectivity index (χ1) is 17.2. The van der Waals surface area contributed by atoms with Crippen LogP contribution < -0.4 is 10.6 Å². The van der Waals surface area contributed by atoms with Gasteiger partial charge in [-0.1, -0.05) is 30.4 Å². The summed E-state index contributed by atoms with van der Waals surface area (Å²) < 4.78 is 10.4. The number of rotatable bonds is 7. The molecule has 1 unspecified atom stereocenters. The number of para-hydroxylation sites is 1. The van der Waals surface area contributed by atoms with Crippen LogP contribution in [-0.2, 0) is 29.3 Å². The third kappa shape index (κ3) is 6.49. The summed E-state index contributed by atoms with van der Waals surface area (Å²) in [5.41, 5.74) is -2.12. The summed E-state index contributed by atoms with van der Waals surface area (Å²) in [5.74, 6) is -1.66. The summed E-state index contributed by atoms with van der Waals surface area (Å²) in [6.45, 7) is 8.73. The van der Waals surface area contributed by atoms with Gasteiger partial charge in [-0.25, -0.2) is 9.59 Å². The number of aliphatic hydroxyl groups is 1. The first-order valence-corrected chi connectivity index (χ1v) is 12.4. The number of ether oxygens (including phenoxy) is 2. The molecule has 1 aromatic carbocycles. The fourth-order valence-corrected chi connectivity index (χ4v) is 4.62. The van der Waals surface area contributed by atoms with Crippen molar-refractivity contribution >= 4 is 29.6 Å². The molecule has 10 heteroatoms. The normalized spacial score (nSPS) is 22.4. The highest BCUT2D eigenvalue weighted by Crippen LogP contribution is 2.43. The van der Waals surface area contributed by atoms with Crippen LogP contribution in [0.3, 0.4) is 0 Å². The molecule has 0 radical (unpaired) electrons. The predicted molar refractivity (Wildman–Crippen MR) is 137 cm³/mol. The Morgan fingerprint density at radius 1 is 1.24 bits per heavy atom. The van der Waals surface area contributed by atoms with Crippen LogP contribution in [0.1, 0.15) is 59.4 Å². The quantitative estimate of drug-likeness (QED) is 0.375. The number of hydrogen-bond donors (Lipinski definition) is 3. The lowest BCUT2D eigenvalue weighted by atomic mass is 9.75. The molecule has 0 aliphatic carbocycles. The van der Waals surface area contributed by atoms with Gasteiger partial charge in [0, 0.05) is 18.7 Å². The van der Waals surface area contributed by atoms with E-state index in [4.69, 9.17) is 9.47 Å². The minimum absolute atomic E-state index is 0.153. The van der Waals surface area contributed by atoms with Crippen molar-refractivity contribution < 1.29 is 33.8 Å². The summed E-state index contributed by atoms with van der Waals surface area (Å²) >= 11 is 0. The number of carbonyl (C=O) groups excluding carboxylic acids is 4. The van der Waals surface area contributed by atoms with E-state index >= 15 is 0 Å². The molecule has 202 valence electrons. The SMILES string of the molecule is COC(=O)C(C[C@]1(/C=C/C(C)(C)O)C(=O)Nc2ccccc21)NC(=O)[C@@H]1CCCN1C(=O)OC(C)(C)C. The number of nitrogens with one attached hydrogen (secondary N) is 2. The second-order valence-corrected chi connectivity index (χ2v) is 11.1. The molecule has 2 heterocycles. The van der Waals surface area contributed by atoms with Crippen molar-refractivity contribution in [1.82, 2.24) is 10.2 Å². The van der Waals surface area contributed by atoms with E-state index in [0.29, 0.717) is 30.6 Å². The third-order valence-electron chi connectivity index (χ3n) is 6.35. The summed E-state index contributed by atoms with van der Waals surface area (Å²) in [4.78, 5) is 53.6. The van der Waals surface area contributed by atoms with E-state index in [0.717, 1.165) is 0 Å².